The molecule has 0 aliphatic rings. The summed E-state index contributed by atoms with van der Waals surface area (Å²) < 4.78 is 4.60. The van der Waals surface area contributed by atoms with Gasteiger partial charge in [0, 0.05) is 29.7 Å². The Bertz CT molecular complexity index is 770. The van der Waals surface area contributed by atoms with Crippen LogP contribution in [-0.2, 0) is 16.0 Å². The van der Waals surface area contributed by atoms with Crippen molar-refractivity contribution in [1.82, 2.24) is 0 Å². The topological polar surface area (TPSA) is 69.4 Å². The maximum atomic E-state index is 11.1. The Kier molecular flexibility index (Phi) is 5.48. The van der Waals surface area contributed by atoms with Crippen molar-refractivity contribution in [2.45, 2.75) is 12.8 Å². The molecule has 2 aromatic rings. The molecule has 23 heavy (non-hydrogen) atoms. The normalized spacial score (nSPS) is 9.61. The highest BCUT2D eigenvalue weighted by Gasteiger charge is 2.04. The third kappa shape index (κ3) is 4.97. The van der Waals surface area contributed by atoms with Gasteiger partial charge < -0.3 is 4.74 Å². The SMILES string of the molecule is COC(=O)CCc1ccc(C#Cc2cccc([N+](=O)[O-])c2)cc1. The lowest BCUT2D eigenvalue weighted by molar-refractivity contribution is -0.384. The molecule has 116 valence electrons. The van der Waals surface area contributed by atoms with Gasteiger partial charge in [-0.05, 0) is 30.2 Å². The van der Waals surface area contributed by atoms with Gasteiger partial charge in [-0.3, -0.25) is 14.9 Å². The maximum absolute atomic E-state index is 11.1. The van der Waals surface area contributed by atoms with Gasteiger partial charge in [0.25, 0.3) is 5.69 Å². The molecule has 0 atom stereocenters. The van der Waals surface area contributed by atoms with E-state index in [1.54, 1.807) is 12.1 Å². The minimum absolute atomic E-state index is 0.0231. The number of nitro benzene ring substituents is 1. The van der Waals surface area contributed by atoms with E-state index in [1.165, 1.54) is 19.2 Å². The fourth-order valence-corrected chi connectivity index (χ4v) is 1.94. The van der Waals surface area contributed by atoms with Gasteiger partial charge in [-0.2, -0.15) is 0 Å². The van der Waals surface area contributed by atoms with Crippen LogP contribution in [0, 0.1) is 22.0 Å². The van der Waals surface area contributed by atoms with E-state index in [0.29, 0.717) is 18.4 Å². The van der Waals surface area contributed by atoms with E-state index in [9.17, 15) is 14.9 Å². The zero-order valence-electron chi connectivity index (χ0n) is 12.6. The summed E-state index contributed by atoms with van der Waals surface area (Å²) in [6.07, 6.45) is 0.959. The van der Waals surface area contributed by atoms with E-state index in [2.05, 4.69) is 16.6 Å². The lowest BCUT2D eigenvalue weighted by Gasteiger charge is -2.00. The molecular weight excluding hydrogens is 294 g/mol. The Morgan fingerprint density at radius 1 is 1.13 bits per heavy atom. The number of carbonyl (C=O) groups is 1. The monoisotopic (exact) mass is 309 g/mol. The minimum atomic E-state index is -0.443. The average molecular weight is 309 g/mol. The highest BCUT2D eigenvalue weighted by Crippen LogP contribution is 2.12. The molecule has 0 saturated carbocycles. The van der Waals surface area contributed by atoms with E-state index in [0.717, 1.165) is 11.1 Å². The van der Waals surface area contributed by atoms with Crippen molar-refractivity contribution in [1.29, 1.82) is 0 Å². The van der Waals surface area contributed by atoms with Crippen molar-refractivity contribution in [3.05, 3.63) is 75.3 Å². The second kappa shape index (κ2) is 7.76. The molecule has 5 heteroatoms. The summed E-state index contributed by atoms with van der Waals surface area (Å²) >= 11 is 0. The van der Waals surface area contributed by atoms with E-state index in [-0.39, 0.29) is 11.7 Å². The molecule has 0 aromatic heterocycles. The molecule has 0 spiro atoms. The van der Waals surface area contributed by atoms with Crippen LogP contribution in [0.25, 0.3) is 0 Å². The van der Waals surface area contributed by atoms with Gasteiger partial charge in [0.2, 0.25) is 0 Å². The minimum Gasteiger partial charge on any atom is -0.469 e. The number of benzene rings is 2. The first-order valence-corrected chi connectivity index (χ1v) is 7.01. The molecule has 2 rings (SSSR count). The van der Waals surface area contributed by atoms with Crippen LogP contribution in [0.2, 0.25) is 0 Å². The predicted octanol–water partition coefficient (Wildman–Crippen LogP) is 3.10. The van der Waals surface area contributed by atoms with Crippen LogP contribution in [-0.4, -0.2) is 18.0 Å². The van der Waals surface area contributed by atoms with Gasteiger partial charge >= 0.3 is 5.97 Å². The van der Waals surface area contributed by atoms with Gasteiger partial charge in [-0.15, -0.1) is 0 Å². The summed E-state index contributed by atoms with van der Waals surface area (Å²) in [6, 6.07) is 13.7. The van der Waals surface area contributed by atoms with E-state index in [1.807, 2.05) is 24.3 Å². The number of aryl methyl sites for hydroxylation is 1. The molecule has 0 unspecified atom stereocenters. The van der Waals surface area contributed by atoms with Gasteiger partial charge in [-0.25, -0.2) is 0 Å². The second-order valence-corrected chi connectivity index (χ2v) is 4.83. The first-order valence-electron chi connectivity index (χ1n) is 7.01. The van der Waals surface area contributed by atoms with Crippen LogP contribution >= 0.6 is 0 Å². The highest BCUT2D eigenvalue weighted by atomic mass is 16.6. The number of hydrogen-bond donors (Lipinski definition) is 0. The van der Waals surface area contributed by atoms with Crippen LogP contribution in [0.5, 0.6) is 0 Å². The van der Waals surface area contributed by atoms with Crippen LogP contribution in [0.4, 0.5) is 5.69 Å². The summed E-state index contributed by atoms with van der Waals surface area (Å²) in [5.74, 6) is 5.64. The Morgan fingerprint density at radius 3 is 2.48 bits per heavy atom. The Labute approximate surface area is 134 Å². The number of rotatable bonds is 4. The van der Waals surface area contributed by atoms with Crippen molar-refractivity contribution in [3.63, 3.8) is 0 Å². The number of carbonyl (C=O) groups excluding carboxylic acids is 1. The largest absolute Gasteiger partial charge is 0.469 e. The fraction of sp³-hybridized carbons (Fsp3) is 0.167. The van der Waals surface area contributed by atoms with E-state index in [4.69, 9.17) is 0 Å². The van der Waals surface area contributed by atoms with Crippen LogP contribution in [0.1, 0.15) is 23.1 Å². The van der Waals surface area contributed by atoms with E-state index < -0.39 is 4.92 Å². The number of nitrogens with zero attached hydrogens (tertiary/aromatic N) is 1. The Morgan fingerprint density at radius 2 is 1.83 bits per heavy atom. The number of hydrogen-bond acceptors (Lipinski definition) is 4. The second-order valence-electron chi connectivity index (χ2n) is 4.83. The Hall–Kier alpha value is -3.13. The lowest BCUT2D eigenvalue weighted by atomic mass is 10.1. The number of esters is 1. The molecule has 0 heterocycles. The van der Waals surface area contributed by atoms with Crippen LogP contribution < -0.4 is 0 Å². The quantitative estimate of drug-likeness (QED) is 0.376. The molecule has 0 aliphatic carbocycles. The third-order valence-corrected chi connectivity index (χ3v) is 3.21. The Balaban J connectivity index is 2.05. The lowest BCUT2D eigenvalue weighted by Crippen LogP contribution is -2.01. The number of methoxy groups -OCH3 is 1. The zero-order valence-corrected chi connectivity index (χ0v) is 12.6. The molecule has 0 aliphatic heterocycles. The summed E-state index contributed by atoms with van der Waals surface area (Å²) in [6.45, 7) is 0. The average Bonchev–Trinajstić information content (AvgIpc) is 2.59. The van der Waals surface area contributed by atoms with Crippen molar-refractivity contribution < 1.29 is 14.5 Å². The van der Waals surface area contributed by atoms with Crippen molar-refractivity contribution in [2.75, 3.05) is 7.11 Å². The summed E-state index contributed by atoms with van der Waals surface area (Å²) in [7, 11) is 1.37. The summed E-state index contributed by atoms with van der Waals surface area (Å²) in [5, 5.41) is 10.7. The zero-order chi connectivity index (χ0) is 16.7. The molecule has 0 amide bonds. The van der Waals surface area contributed by atoms with Crippen LogP contribution in [0.15, 0.2) is 48.5 Å². The highest BCUT2D eigenvalue weighted by molar-refractivity contribution is 5.69. The van der Waals surface area contributed by atoms with E-state index >= 15 is 0 Å². The van der Waals surface area contributed by atoms with Crippen molar-refractivity contribution in [2.24, 2.45) is 0 Å². The van der Waals surface area contributed by atoms with Gasteiger partial charge in [-0.1, -0.05) is 30.0 Å². The molecule has 0 N–H and O–H groups in total. The third-order valence-electron chi connectivity index (χ3n) is 3.21. The predicted molar refractivity (Wildman–Crippen MR) is 85.9 cm³/mol. The first kappa shape index (κ1) is 16.2. The molecule has 5 nitrogen and oxygen atoms in total. The molecule has 0 fully saturated rings. The van der Waals surface area contributed by atoms with Gasteiger partial charge in [0.1, 0.15) is 0 Å². The van der Waals surface area contributed by atoms with Gasteiger partial charge in [0.05, 0.1) is 12.0 Å². The molecule has 2 aromatic carbocycles. The van der Waals surface area contributed by atoms with Crippen molar-refractivity contribution >= 4 is 11.7 Å². The molecule has 0 saturated heterocycles. The smallest absolute Gasteiger partial charge is 0.305 e. The number of ether oxygens (including phenoxy) is 1. The fourth-order valence-electron chi connectivity index (χ4n) is 1.94. The van der Waals surface area contributed by atoms with Gasteiger partial charge in [0.15, 0.2) is 0 Å². The number of nitro groups is 1. The summed E-state index contributed by atoms with van der Waals surface area (Å²) in [4.78, 5) is 21.4. The maximum Gasteiger partial charge on any atom is 0.305 e. The van der Waals surface area contributed by atoms with Crippen molar-refractivity contribution in [3.8, 4) is 11.8 Å². The number of non-ortho nitro benzene ring substituents is 1. The summed E-state index contributed by atoms with van der Waals surface area (Å²) in [5.41, 5.74) is 2.44. The standard InChI is InChI=1S/C18H15NO4/c1-23-18(20)12-11-15-7-5-14(6-8-15)9-10-16-3-2-4-17(13-16)19(21)22/h2-8,13H,11-12H2,1H3. The molecule has 0 bridgehead atoms. The van der Waals surface area contributed by atoms with Crippen LogP contribution in [0.3, 0.4) is 0 Å². The molecule has 0 radical (unpaired) electrons. The first-order chi connectivity index (χ1) is 11.1. The molecular formula is C18H15NO4.